The van der Waals surface area contributed by atoms with Crippen LogP contribution in [-0.4, -0.2) is 14.2 Å². The lowest BCUT2D eigenvalue weighted by Gasteiger charge is -2.20. The Kier molecular flexibility index (Phi) is 7.69. The van der Waals surface area contributed by atoms with E-state index in [0.29, 0.717) is 18.4 Å². The maximum Gasteiger partial charge on any atom is 0.183 e. The Morgan fingerprint density at radius 1 is 0.846 bits per heavy atom. The Balaban J connectivity index is 2.33. The van der Waals surface area contributed by atoms with Gasteiger partial charge in [0.2, 0.25) is 0 Å². The maximum atomic E-state index is 6.28. The summed E-state index contributed by atoms with van der Waals surface area (Å²) in [6, 6.07) is 12.6. The van der Waals surface area contributed by atoms with E-state index in [-0.39, 0.29) is 0 Å². The minimum Gasteiger partial charge on any atom is -0.489 e. The molecule has 0 fully saturated rings. The van der Waals surface area contributed by atoms with Gasteiger partial charge in [0.15, 0.2) is 6.29 Å². The summed E-state index contributed by atoms with van der Waals surface area (Å²) in [5, 5.41) is 0. The molecule has 0 amide bonds. The van der Waals surface area contributed by atoms with Gasteiger partial charge in [-0.3, -0.25) is 0 Å². The molecule has 0 aliphatic rings. The van der Waals surface area contributed by atoms with Crippen molar-refractivity contribution < 1.29 is 14.2 Å². The first-order valence-corrected chi connectivity index (χ1v) is 9.77. The van der Waals surface area contributed by atoms with Gasteiger partial charge in [-0.1, -0.05) is 61.8 Å². The number of ether oxygens (including phenoxy) is 3. The van der Waals surface area contributed by atoms with Gasteiger partial charge in [0, 0.05) is 24.3 Å². The summed E-state index contributed by atoms with van der Waals surface area (Å²) in [5.74, 6) is 1.81. The Hall–Kier alpha value is -1.36. The van der Waals surface area contributed by atoms with Crippen molar-refractivity contribution in [1.82, 2.24) is 0 Å². The molecule has 0 aliphatic heterocycles. The Morgan fingerprint density at radius 3 is 2.08 bits per heavy atom. The molecular weight excluding hydrogens is 392 g/mol. The van der Waals surface area contributed by atoms with Crippen LogP contribution in [0.25, 0.3) is 0 Å². The van der Waals surface area contributed by atoms with Crippen LogP contribution in [0.3, 0.4) is 0 Å². The fraction of sp³-hybridized carbons (Fsp3) is 0.455. The van der Waals surface area contributed by atoms with Crippen LogP contribution < -0.4 is 4.74 Å². The molecule has 26 heavy (non-hydrogen) atoms. The predicted molar refractivity (Wildman–Crippen MR) is 110 cm³/mol. The minimum absolute atomic E-state index is 0.402. The molecule has 0 aromatic heterocycles. The zero-order chi connectivity index (χ0) is 19.3. The number of benzene rings is 2. The highest BCUT2D eigenvalue weighted by Gasteiger charge is 2.16. The van der Waals surface area contributed by atoms with E-state index in [0.717, 1.165) is 21.3 Å². The van der Waals surface area contributed by atoms with Crippen LogP contribution in [0.1, 0.15) is 68.1 Å². The number of methoxy groups -OCH3 is 2. The second-order valence-electron chi connectivity index (χ2n) is 7.04. The van der Waals surface area contributed by atoms with Gasteiger partial charge in [0.05, 0.1) is 0 Å². The molecule has 3 nitrogen and oxygen atoms in total. The monoisotopic (exact) mass is 420 g/mol. The molecule has 2 aromatic rings. The zero-order valence-electron chi connectivity index (χ0n) is 16.5. The Morgan fingerprint density at radius 2 is 1.50 bits per heavy atom. The van der Waals surface area contributed by atoms with E-state index in [9.17, 15) is 0 Å². The molecule has 0 aliphatic carbocycles. The molecule has 142 valence electrons. The van der Waals surface area contributed by atoms with Crippen LogP contribution in [0, 0.1) is 0 Å². The summed E-state index contributed by atoms with van der Waals surface area (Å²) >= 11 is 3.55. The van der Waals surface area contributed by atoms with E-state index >= 15 is 0 Å². The molecule has 0 radical (unpaired) electrons. The highest BCUT2D eigenvalue weighted by Crippen LogP contribution is 2.32. The standard InChI is InChI=1S/C22H29BrO3/c1-14(2)16-7-9-19(15(3)4)21(12-16)26-13-17-11-18(23)8-10-20(17)22(24-5)25-6/h7-12,14-15,22H,13H2,1-6H3. The topological polar surface area (TPSA) is 27.7 Å². The molecule has 0 saturated heterocycles. The molecule has 2 aromatic carbocycles. The van der Waals surface area contributed by atoms with E-state index in [1.54, 1.807) is 14.2 Å². The summed E-state index contributed by atoms with van der Waals surface area (Å²) in [4.78, 5) is 0. The molecular formula is C22H29BrO3. The molecule has 4 heteroatoms. The second kappa shape index (κ2) is 9.54. The second-order valence-corrected chi connectivity index (χ2v) is 7.96. The molecule has 0 saturated carbocycles. The van der Waals surface area contributed by atoms with Crippen molar-refractivity contribution >= 4 is 15.9 Å². The summed E-state index contributed by atoms with van der Waals surface area (Å²) in [7, 11) is 3.29. The van der Waals surface area contributed by atoms with Crippen LogP contribution in [0.15, 0.2) is 40.9 Å². The third-order valence-electron chi connectivity index (χ3n) is 4.50. The third kappa shape index (κ3) is 5.09. The fourth-order valence-corrected chi connectivity index (χ4v) is 3.36. The molecule has 0 unspecified atom stereocenters. The number of rotatable bonds is 8. The van der Waals surface area contributed by atoms with E-state index in [2.05, 4.69) is 67.9 Å². The quantitative estimate of drug-likeness (QED) is 0.452. The first kappa shape index (κ1) is 20.9. The Bertz CT molecular complexity index is 721. The van der Waals surface area contributed by atoms with Gasteiger partial charge < -0.3 is 14.2 Å². The first-order valence-electron chi connectivity index (χ1n) is 8.97. The summed E-state index contributed by atoms with van der Waals surface area (Å²) in [6.07, 6.45) is -0.409. The summed E-state index contributed by atoms with van der Waals surface area (Å²) < 4.78 is 18.2. The van der Waals surface area contributed by atoms with Crippen molar-refractivity contribution in [3.8, 4) is 5.75 Å². The van der Waals surface area contributed by atoms with E-state index in [1.807, 2.05) is 12.1 Å². The Labute approximate surface area is 165 Å². The van der Waals surface area contributed by atoms with Gasteiger partial charge in [-0.2, -0.15) is 0 Å². The zero-order valence-corrected chi connectivity index (χ0v) is 18.1. The fourth-order valence-electron chi connectivity index (χ4n) is 2.95. The highest BCUT2D eigenvalue weighted by molar-refractivity contribution is 9.10. The largest absolute Gasteiger partial charge is 0.489 e. The lowest BCUT2D eigenvalue weighted by Crippen LogP contribution is -2.10. The van der Waals surface area contributed by atoms with Crippen molar-refractivity contribution in [3.05, 3.63) is 63.1 Å². The van der Waals surface area contributed by atoms with Crippen LogP contribution in [0.5, 0.6) is 5.75 Å². The maximum absolute atomic E-state index is 6.28. The van der Waals surface area contributed by atoms with Gasteiger partial charge in [0.1, 0.15) is 12.4 Å². The van der Waals surface area contributed by atoms with Crippen LogP contribution in [0.4, 0.5) is 0 Å². The summed E-state index contributed by atoms with van der Waals surface area (Å²) in [5.41, 5.74) is 4.52. The smallest absolute Gasteiger partial charge is 0.183 e. The molecule has 0 spiro atoms. The van der Waals surface area contributed by atoms with Crippen molar-refractivity contribution in [2.75, 3.05) is 14.2 Å². The average molecular weight is 421 g/mol. The van der Waals surface area contributed by atoms with Crippen molar-refractivity contribution in [1.29, 1.82) is 0 Å². The van der Waals surface area contributed by atoms with E-state index < -0.39 is 6.29 Å². The molecule has 0 bridgehead atoms. The summed E-state index contributed by atoms with van der Waals surface area (Å²) in [6.45, 7) is 9.23. The average Bonchev–Trinajstić information content (AvgIpc) is 2.61. The van der Waals surface area contributed by atoms with Gasteiger partial charge in [-0.25, -0.2) is 0 Å². The van der Waals surface area contributed by atoms with Crippen LogP contribution in [-0.2, 0) is 16.1 Å². The lowest BCUT2D eigenvalue weighted by atomic mass is 9.96. The SMILES string of the molecule is COC(OC)c1ccc(Br)cc1COc1cc(C(C)C)ccc1C(C)C. The van der Waals surface area contributed by atoms with Gasteiger partial charge in [-0.05, 0) is 46.7 Å². The normalized spacial score (nSPS) is 11.6. The van der Waals surface area contributed by atoms with E-state index in [4.69, 9.17) is 14.2 Å². The van der Waals surface area contributed by atoms with Gasteiger partial charge in [0.25, 0.3) is 0 Å². The first-order chi connectivity index (χ1) is 12.4. The molecule has 0 heterocycles. The number of hydrogen-bond donors (Lipinski definition) is 0. The van der Waals surface area contributed by atoms with Crippen LogP contribution >= 0.6 is 15.9 Å². The predicted octanol–water partition coefficient (Wildman–Crippen LogP) is 6.57. The lowest BCUT2D eigenvalue weighted by molar-refractivity contribution is -0.106. The molecule has 2 rings (SSSR count). The van der Waals surface area contributed by atoms with Crippen molar-refractivity contribution in [3.63, 3.8) is 0 Å². The van der Waals surface area contributed by atoms with Gasteiger partial charge in [-0.15, -0.1) is 0 Å². The number of hydrogen-bond acceptors (Lipinski definition) is 3. The highest BCUT2D eigenvalue weighted by atomic mass is 79.9. The van der Waals surface area contributed by atoms with E-state index in [1.165, 1.54) is 11.1 Å². The number of halogens is 1. The van der Waals surface area contributed by atoms with Crippen LogP contribution in [0.2, 0.25) is 0 Å². The van der Waals surface area contributed by atoms with Gasteiger partial charge >= 0.3 is 0 Å². The third-order valence-corrected chi connectivity index (χ3v) is 4.99. The molecule has 0 atom stereocenters. The minimum atomic E-state index is -0.409. The van der Waals surface area contributed by atoms with Crippen molar-refractivity contribution in [2.24, 2.45) is 0 Å². The molecule has 0 N–H and O–H groups in total. The van der Waals surface area contributed by atoms with Crippen molar-refractivity contribution in [2.45, 2.75) is 52.4 Å².